The van der Waals surface area contributed by atoms with Gasteiger partial charge in [-0.05, 0) is 188 Å². The van der Waals surface area contributed by atoms with Crippen LogP contribution < -0.4 is 69.1 Å². The highest BCUT2D eigenvalue weighted by Crippen LogP contribution is 2.25. The molecule has 5 aliphatic rings. The van der Waals surface area contributed by atoms with Crippen LogP contribution in [0.25, 0.3) is 10.9 Å². The van der Waals surface area contributed by atoms with Crippen molar-refractivity contribution in [2.24, 2.45) is 5.92 Å². The molecule has 10 rings (SSSR count). The maximum atomic E-state index is 15.1. The van der Waals surface area contributed by atoms with E-state index in [0.29, 0.717) is 122 Å². The van der Waals surface area contributed by atoms with Crippen molar-refractivity contribution in [2.45, 2.75) is 234 Å². The lowest BCUT2D eigenvalue weighted by Gasteiger charge is -2.33. The molecule has 29 nitrogen and oxygen atoms in total. The molecule has 6 heterocycles. The number of H-pyrrole nitrogens is 1. The number of carbonyl (C=O) groups is 6. The van der Waals surface area contributed by atoms with Crippen LogP contribution in [0, 0.1) is 5.92 Å². The van der Waals surface area contributed by atoms with Gasteiger partial charge in [0.05, 0.1) is 30.9 Å². The number of likely N-dealkylation sites (tertiary alicyclic amines) is 1. The first-order valence-electron chi connectivity index (χ1n) is 42.4. The first-order chi connectivity index (χ1) is 55.5. The Morgan fingerprint density at radius 3 is 1.88 bits per heavy atom. The summed E-state index contributed by atoms with van der Waals surface area (Å²) >= 11 is 0. The number of aromatic hydroxyl groups is 3. The van der Waals surface area contributed by atoms with Gasteiger partial charge in [0.15, 0.2) is 0 Å². The molecule has 5 aromatic rings. The van der Waals surface area contributed by atoms with Gasteiger partial charge >= 0.3 is 5.97 Å². The van der Waals surface area contributed by atoms with Gasteiger partial charge in [-0.1, -0.05) is 74.9 Å². The number of para-hydroxylation sites is 1. The number of hydrogen-bond donors (Lipinski definition) is 19. The number of fused-ring (bicyclic) bond motifs is 13. The number of ether oxygens (including phenoxy) is 2. The summed E-state index contributed by atoms with van der Waals surface area (Å²) in [6.45, 7) is 17.6. The van der Waals surface area contributed by atoms with Crippen molar-refractivity contribution in [3.8, 4) is 17.2 Å². The van der Waals surface area contributed by atoms with Gasteiger partial charge in [-0.3, -0.25) is 28.9 Å². The molecule has 0 spiro atoms. The van der Waals surface area contributed by atoms with Crippen molar-refractivity contribution in [3.63, 3.8) is 0 Å². The van der Waals surface area contributed by atoms with Gasteiger partial charge in [-0.2, -0.15) is 0 Å². The average Bonchev–Trinajstić information content (AvgIpc) is 1.72. The smallest absolute Gasteiger partial charge is 0.326 e. The van der Waals surface area contributed by atoms with E-state index in [1.807, 2.05) is 25.1 Å². The lowest BCUT2D eigenvalue weighted by molar-refractivity contribution is -0.142. The highest BCUT2D eigenvalue weighted by atomic mass is 16.5. The second-order valence-corrected chi connectivity index (χ2v) is 33.1. The zero-order chi connectivity index (χ0) is 81.6. The summed E-state index contributed by atoms with van der Waals surface area (Å²) in [6, 6.07) is 22.0. The predicted octanol–water partition coefficient (Wildman–Crippen LogP) is 2.93. The third-order valence-electron chi connectivity index (χ3n) is 23.3. The van der Waals surface area contributed by atoms with Crippen LogP contribution in [0.4, 0.5) is 0 Å². The van der Waals surface area contributed by atoms with E-state index in [0.717, 1.165) is 86.6 Å². The number of carboxylic acid groups (broad SMARTS) is 1. The molecule has 16 atom stereocenters. The molecule has 634 valence electrons. The fraction of sp³-hybridized carbons (Fsp3) is 0.628. The molecule has 115 heavy (non-hydrogen) atoms. The normalized spacial score (nSPS) is 26.8. The standard InChI is InChI=1S/C86H132N16O13/c1-55(2)39-66-48-88-63-13-8-9-33-87-34-31-76(82(108)98-78(86(112)113)42-61-23-29-73(107)30-24-61)96-47-64-14-12-37-114-54-69(93-51-70-15-10-35-101(70)53-68(92-45-63)40-59-19-25-71(105)26-20-59)50-90-65(46-91-67(49-89-64)43-62-44-95-75-17-7-6-16-74(62)75)32-38-115-57(4)79(52-94-66)99-84(110)81(56(3)103)100-83(109)80-18-11-36-102(80)85(111)77(97-58(5)104)41-60-21-27-72(106)28-22-60/h6-7,16-17,19-30,44,55-57,63-70,76-81,87-96,103,105-107H,8-15,18,31-43,45-54H2,1-5H3,(H,97,104)(H,98,108)(H,99,110)(H,100,109)(H,112,113)/t56-,57-,63+,64+,65+,66+,67+,68+,69+,70+,76+,77+,78+,79?,80+,81+/m1/s1. The minimum atomic E-state index is -1.44. The van der Waals surface area contributed by atoms with Crippen LogP contribution in [0.1, 0.15) is 134 Å². The van der Waals surface area contributed by atoms with E-state index in [4.69, 9.17) is 9.47 Å². The monoisotopic (exact) mass is 1600 g/mol. The molecule has 4 bridgehead atoms. The Balaban J connectivity index is 0.967. The molecule has 29 heteroatoms. The molecule has 0 saturated carbocycles. The number of phenols is 3. The number of aliphatic carboxylic acids is 1. The number of hydrogen-bond acceptors (Lipinski definition) is 22. The van der Waals surface area contributed by atoms with Crippen molar-refractivity contribution in [1.82, 2.24) is 83.9 Å². The van der Waals surface area contributed by atoms with Crippen LogP contribution >= 0.6 is 0 Å². The first-order valence-corrected chi connectivity index (χ1v) is 42.4. The Morgan fingerprint density at radius 2 is 1.18 bits per heavy atom. The molecule has 5 amide bonds. The van der Waals surface area contributed by atoms with Crippen molar-refractivity contribution in [2.75, 3.05) is 105 Å². The third-order valence-corrected chi connectivity index (χ3v) is 23.3. The molecule has 5 fully saturated rings. The number of amides is 5. The number of rotatable bonds is 20. The maximum absolute atomic E-state index is 15.1. The van der Waals surface area contributed by atoms with E-state index in [1.165, 1.54) is 43.0 Å². The van der Waals surface area contributed by atoms with Crippen LogP contribution in [0.15, 0.2) is 103 Å². The summed E-state index contributed by atoms with van der Waals surface area (Å²) in [4.78, 5) is 92.0. The Morgan fingerprint density at radius 1 is 0.565 bits per heavy atom. The number of aliphatic hydroxyl groups is 1. The number of phenolic OH excluding ortho intramolecular Hbond substituents is 3. The van der Waals surface area contributed by atoms with Crippen molar-refractivity contribution in [3.05, 3.63) is 126 Å². The molecular weight excluding hydrogens is 1470 g/mol. The van der Waals surface area contributed by atoms with Crippen LogP contribution in [-0.4, -0.2) is 278 Å². The van der Waals surface area contributed by atoms with Gasteiger partial charge in [0.2, 0.25) is 29.5 Å². The van der Waals surface area contributed by atoms with E-state index in [9.17, 15) is 49.5 Å². The summed E-state index contributed by atoms with van der Waals surface area (Å²) < 4.78 is 13.7. The average molecular weight is 1600 g/mol. The summed E-state index contributed by atoms with van der Waals surface area (Å²) in [7, 11) is 0. The third kappa shape index (κ3) is 29.3. The summed E-state index contributed by atoms with van der Waals surface area (Å²) in [5.74, 6) is -3.13. The van der Waals surface area contributed by atoms with E-state index in [2.05, 4.69) is 117 Å². The fourth-order valence-electron chi connectivity index (χ4n) is 16.7. The molecule has 19 N–H and O–H groups in total. The largest absolute Gasteiger partial charge is 0.508 e. The predicted molar refractivity (Wildman–Crippen MR) is 445 cm³/mol. The second kappa shape index (κ2) is 46.3. The van der Waals surface area contributed by atoms with Gasteiger partial charge in [0.25, 0.3) is 0 Å². The molecule has 0 radical (unpaired) electrons. The Bertz CT molecular complexity index is 3780. The number of aromatic nitrogens is 1. The van der Waals surface area contributed by atoms with Crippen LogP contribution in [0.5, 0.6) is 17.2 Å². The number of nitrogens with one attached hydrogen (secondary N) is 14. The summed E-state index contributed by atoms with van der Waals surface area (Å²) in [5, 5.41) is 101. The highest BCUT2D eigenvalue weighted by molar-refractivity contribution is 5.95. The number of benzene rings is 4. The number of nitrogens with zero attached hydrogens (tertiary/aromatic N) is 2. The summed E-state index contributed by atoms with van der Waals surface area (Å²) in [5.41, 5.74) is 4.65. The molecule has 1 aromatic heterocycles. The minimum Gasteiger partial charge on any atom is -0.508 e. The number of aromatic amines is 1. The van der Waals surface area contributed by atoms with E-state index in [1.54, 1.807) is 36.4 Å². The van der Waals surface area contributed by atoms with Gasteiger partial charge < -0.3 is 114 Å². The number of carboxylic acids is 1. The molecule has 0 aliphatic carbocycles. The van der Waals surface area contributed by atoms with Crippen molar-refractivity contribution < 1.29 is 63.8 Å². The zero-order valence-electron chi connectivity index (χ0n) is 68.2. The Kier molecular flexibility index (Phi) is 36.0. The first kappa shape index (κ1) is 89.5. The maximum Gasteiger partial charge on any atom is 0.326 e. The topological polar surface area (TPSA) is 401 Å². The molecular formula is C86H132N16O13. The zero-order valence-corrected chi connectivity index (χ0v) is 68.2. The number of carbonyl (C=O) groups excluding carboxylic acids is 5. The van der Waals surface area contributed by atoms with Crippen LogP contribution in [-0.2, 0) is 63.9 Å². The highest BCUT2D eigenvalue weighted by Gasteiger charge is 2.41. The Hall–Kier alpha value is -7.88. The Labute approximate surface area is 678 Å². The van der Waals surface area contributed by atoms with E-state index >= 15 is 4.79 Å². The molecule has 5 aliphatic heterocycles. The lowest BCUT2D eigenvalue weighted by atomic mass is 10.0. The second-order valence-electron chi connectivity index (χ2n) is 33.1. The minimum absolute atomic E-state index is 0.00118. The van der Waals surface area contributed by atoms with Gasteiger partial charge in [0.1, 0.15) is 41.4 Å². The van der Waals surface area contributed by atoms with Crippen molar-refractivity contribution >= 4 is 46.4 Å². The number of aliphatic hydroxyl groups excluding tert-OH is 1. The lowest BCUT2D eigenvalue weighted by Crippen LogP contribution is -2.61. The van der Waals surface area contributed by atoms with E-state index < -0.39 is 84.0 Å². The van der Waals surface area contributed by atoms with Crippen molar-refractivity contribution in [1.29, 1.82) is 0 Å². The van der Waals surface area contributed by atoms with Crippen LogP contribution in [0.3, 0.4) is 0 Å². The quantitative estimate of drug-likeness (QED) is 0.0532. The van der Waals surface area contributed by atoms with Gasteiger partial charge in [-0.25, -0.2) is 4.79 Å². The van der Waals surface area contributed by atoms with Gasteiger partial charge in [-0.15, -0.1) is 0 Å². The van der Waals surface area contributed by atoms with Crippen LogP contribution in [0.2, 0.25) is 0 Å². The molecule has 4 aromatic carbocycles. The van der Waals surface area contributed by atoms with E-state index in [-0.39, 0.29) is 104 Å². The van der Waals surface area contributed by atoms with Gasteiger partial charge in [0, 0.05) is 164 Å². The SMILES string of the molecule is CC(=O)N[C@@H](Cc1ccc(O)cc1)C(=O)N1CCC[C@H]1C(=O)N[C@H](C(=O)NC1CN[C@@H](CC(C)C)CN[C@H]2CCCCNCC[C@@H](C(=O)N[C@@H](Cc3ccc(O)cc3)C(=O)O)NC[C@@H]3CCCOC[C@H](CN[C@@H](CCO[C@@H]1C)CN[C@@H](Cc1c[nH]c4ccccc14)CN3)NC[C@@H]1CCCN1C[C@H](Cc1ccc(O)cc1)NC2)[C@@H](C)O. The molecule has 5 saturated heterocycles. The fourth-order valence-corrected chi connectivity index (χ4v) is 16.7. The molecule has 1 unspecified atom stereocenters. The summed E-state index contributed by atoms with van der Waals surface area (Å²) in [6.07, 6.45) is 10.1.